The molecule has 0 atom stereocenters. The maximum absolute atomic E-state index is 5.68. The van der Waals surface area contributed by atoms with Gasteiger partial charge in [-0.25, -0.2) is 0 Å². The van der Waals surface area contributed by atoms with Crippen LogP contribution in [-0.4, -0.2) is 15.1 Å². The number of aryl methyl sites for hydroxylation is 2. The van der Waals surface area contributed by atoms with E-state index in [1.54, 1.807) is 6.92 Å². The molecule has 0 radical (unpaired) electrons. The fraction of sp³-hybridized carbons (Fsp3) is 0.250. The largest absolute Gasteiger partial charge is 0.389 e. The number of aromatic nitrogens is 2. The molecule has 0 saturated carbocycles. The molecule has 0 unspecified atom stereocenters. The van der Waals surface area contributed by atoms with Gasteiger partial charge in [0, 0.05) is 11.3 Å². The zero-order chi connectivity index (χ0) is 13.1. The van der Waals surface area contributed by atoms with Crippen molar-refractivity contribution in [1.29, 1.82) is 0 Å². The summed E-state index contributed by atoms with van der Waals surface area (Å²) in [6.45, 7) is 4.23. The van der Waals surface area contributed by atoms with E-state index in [2.05, 4.69) is 15.5 Å². The van der Waals surface area contributed by atoms with Crippen LogP contribution in [0.2, 0.25) is 0 Å². The molecule has 0 amide bonds. The Bertz CT molecular complexity index is 579. The van der Waals surface area contributed by atoms with Gasteiger partial charge in [-0.3, -0.25) is 0 Å². The van der Waals surface area contributed by atoms with Gasteiger partial charge in [-0.05, 0) is 31.5 Å². The number of benzene rings is 1. The van der Waals surface area contributed by atoms with Crippen LogP contribution in [0.1, 0.15) is 22.8 Å². The highest BCUT2D eigenvalue weighted by molar-refractivity contribution is 7.80. The van der Waals surface area contributed by atoms with Crippen LogP contribution in [0.25, 0.3) is 0 Å². The van der Waals surface area contributed by atoms with Crippen LogP contribution in [0.5, 0.6) is 0 Å². The highest BCUT2D eigenvalue weighted by Gasteiger charge is 2.07. The molecule has 0 bridgehead atoms. The highest BCUT2D eigenvalue weighted by Crippen LogP contribution is 2.18. The van der Waals surface area contributed by atoms with Crippen molar-refractivity contribution in [2.75, 3.05) is 5.32 Å². The number of thiocarbonyl (C=S) groups is 1. The van der Waals surface area contributed by atoms with Gasteiger partial charge in [0.15, 0.2) is 5.82 Å². The van der Waals surface area contributed by atoms with E-state index in [9.17, 15) is 0 Å². The first-order valence-electron chi connectivity index (χ1n) is 5.50. The monoisotopic (exact) mass is 262 g/mol. The standard InChI is InChI=1S/C12H14N4OS/c1-7-3-4-9(12(13)18)10(5-7)14-6-11-15-8(2)16-17-11/h3-5,14H,6H2,1-2H3,(H2,13,18). The Morgan fingerprint density at radius 3 is 2.83 bits per heavy atom. The molecule has 94 valence electrons. The van der Waals surface area contributed by atoms with Crippen LogP contribution in [0, 0.1) is 13.8 Å². The van der Waals surface area contributed by atoms with E-state index in [-0.39, 0.29) is 0 Å². The van der Waals surface area contributed by atoms with Crippen LogP contribution in [-0.2, 0) is 6.54 Å². The Morgan fingerprint density at radius 1 is 1.44 bits per heavy atom. The van der Waals surface area contributed by atoms with Gasteiger partial charge >= 0.3 is 0 Å². The summed E-state index contributed by atoms with van der Waals surface area (Å²) >= 11 is 5.01. The summed E-state index contributed by atoms with van der Waals surface area (Å²) in [5.41, 5.74) is 8.49. The molecular formula is C12H14N4OS. The molecule has 2 rings (SSSR count). The van der Waals surface area contributed by atoms with Gasteiger partial charge in [-0.15, -0.1) is 0 Å². The normalized spacial score (nSPS) is 10.3. The average Bonchev–Trinajstić information content (AvgIpc) is 2.72. The van der Waals surface area contributed by atoms with Crippen molar-refractivity contribution in [2.24, 2.45) is 5.73 Å². The molecular weight excluding hydrogens is 248 g/mol. The summed E-state index contributed by atoms with van der Waals surface area (Å²) in [6, 6.07) is 5.85. The molecule has 0 aliphatic heterocycles. The first kappa shape index (κ1) is 12.5. The lowest BCUT2D eigenvalue weighted by Gasteiger charge is -2.10. The minimum Gasteiger partial charge on any atom is -0.389 e. The Balaban J connectivity index is 2.17. The molecule has 0 fully saturated rings. The van der Waals surface area contributed by atoms with Gasteiger partial charge < -0.3 is 15.6 Å². The molecule has 5 nitrogen and oxygen atoms in total. The van der Waals surface area contributed by atoms with Crippen molar-refractivity contribution in [3.05, 3.63) is 41.0 Å². The summed E-state index contributed by atoms with van der Waals surface area (Å²) < 4.78 is 5.03. The van der Waals surface area contributed by atoms with E-state index in [0.717, 1.165) is 16.8 Å². The average molecular weight is 262 g/mol. The molecule has 18 heavy (non-hydrogen) atoms. The summed E-state index contributed by atoms with van der Waals surface area (Å²) in [5.74, 6) is 1.15. The van der Waals surface area contributed by atoms with Crippen LogP contribution < -0.4 is 11.1 Å². The third-order valence-electron chi connectivity index (χ3n) is 2.44. The zero-order valence-electron chi connectivity index (χ0n) is 10.2. The van der Waals surface area contributed by atoms with Crippen molar-refractivity contribution in [2.45, 2.75) is 20.4 Å². The SMILES string of the molecule is Cc1ccc(C(N)=S)c(NCc2nc(C)no2)c1. The van der Waals surface area contributed by atoms with E-state index in [0.29, 0.717) is 23.2 Å². The number of nitrogens with two attached hydrogens (primary N) is 1. The second kappa shape index (κ2) is 5.14. The molecule has 1 aromatic heterocycles. The van der Waals surface area contributed by atoms with Gasteiger partial charge in [0.2, 0.25) is 5.89 Å². The third kappa shape index (κ3) is 2.84. The van der Waals surface area contributed by atoms with E-state index in [1.165, 1.54) is 0 Å². The van der Waals surface area contributed by atoms with Crippen LogP contribution in [0.3, 0.4) is 0 Å². The fourth-order valence-corrected chi connectivity index (χ4v) is 1.78. The minimum atomic E-state index is 0.360. The van der Waals surface area contributed by atoms with E-state index in [1.807, 2.05) is 25.1 Å². The number of hydrogen-bond donors (Lipinski definition) is 2. The molecule has 0 spiro atoms. The number of anilines is 1. The maximum atomic E-state index is 5.68. The fourth-order valence-electron chi connectivity index (χ4n) is 1.60. The van der Waals surface area contributed by atoms with Gasteiger partial charge in [0.1, 0.15) is 4.99 Å². The topological polar surface area (TPSA) is 77.0 Å². The Hall–Kier alpha value is -1.95. The van der Waals surface area contributed by atoms with Crippen molar-refractivity contribution in [1.82, 2.24) is 10.1 Å². The second-order valence-electron chi connectivity index (χ2n) is 4.00. The van der Waals surface area contributed by atoms with Crippen LogP contribution in [0.4, 0.5) is 5.69 Å². The van der Waals surface area contributed by atoms with Crippen molar-refractivity contribution in [3.8, 4) is 0 Å². The van der Waals surface area contributed by atoms with Crippen molar-refractivity contribution >= 4 is 22.9 Å². The van der Waals surface area contributed by atoms with Crippen molar-refractivity contribution in [3.63, 3.8) is 0 Å². The van der Waals surface area contributed by atoms with Gasteiger partial charge in [-0.2, -0.15) is 4.98 Å². The smallest absolute Gasteiger partial charge is 0.245 e. The van der Waals surface area contributed by atoms with Gasteiger partial charge in [0.05, 0.1) is 6.54 Å². The first-order chi connectivity index (χ1) is 8.56. The highest BCUT2D eigenvalue weighted by atomic mass is 32.1. The van der Waals surface area contributed by atoms with Gasteiger partial charge in [-0.1, -0.05) is 23.4 Å². The molecule has 0 aliphatic rings. The lowest BCUT2D eigenvalue weighted by atomic mass is 10.1. The molecule has 0 saturated heterocycles. The molecule has 1 heterocycles. The quantitative estimate of drug-likeness (QED) is 0.820. The predicted octanol–water partition coefficient (Wildman–Crippen LogP) is 1.93. The van der Waals surface area contributed by atoms with E-state index >= 15 is 0 Å². The number of nitrogens with one attached hydrogen (secondary N) is 1. The maximum Gasteiger partial charge on any atom is 0.245 e. The summed E-state index contributed by atoms with van der Waals surface area (Å²) in [6.07, 6.45) is 0. The summed E-state index contributed by atoms with van der Waals surface area (Å²) in [5, 5.41) is 6.93. The second-order valence-corrected chi connectivity index (χ2v) is 4.44. The lowest BCUT2D eigenvalue weighted by molar-refractivity contribution is 0.379. The van der Waals surface area contributed by atoms with Crippen LogP contribution >= 0.6 is 12.2 Å². The molecule has 1 aromatic carbocycles. The van der Waals surface area contributed by atoms with Gasteiger partial charge in [0.25, 0.3) is 0 Å². The number of nitrogens with zero attached hydrogens (tertiary/aromatic N) is 2. The van der Waals surface area contributed by atoms with Crippen molar-refractivity contribution < 1.29 is 4.52 Å². The van der Waals surface area contributed by atoms with E-state index in [4.69, 9.17) is 22.5 Å². The Kier molecular flexibility index (Phi) is 3.57. The van der Waals surface area contributed by atoms with Crippen LogP contribution in [0.15, 0.2) is 22.7 Å². The number of hydrogen-bond acceptors (Lipinski definition) is 5. The Labute approximate surface area is 110 Å². The third-order valence-corrected chi connectivity index (χ3v) is 2.66. The molecule has 0 aliphatic carbocycles. The minimum absolute atomic E-state index is 0.360. The molecule has 2 aromatic rings. The Morgan fingerprint density at radius 2 is 2.22 bits per heavy atom. The lowest BCUT2D eigenvalue weighted by Crippen LogP contribution is -2.13. The number of rotatable bonds is 4. The molecule has 3 N–H and O–H groups in total. The predicted molar refractivity (Wildman–Crippen MR) is 73.4 cm³/mol. The molecule has 6 heteroatoms. The summed E-state index contributed by atoms with van der Waals surface area (Å²) in [7, 11) is 0. The zero-order valence-corrected chi connectivity index (χ0v) is 11.0. The first-order valence-corrected chi connectivity index (χ1v) is 5.90. The summed E-state index contributed by atoms with van der Waals surface area (Å²) in [4.78, 5) is 4.48. The van der Waals surface area contributed by atoms with E-state index < -0.39 is 0 Å².